The van der Waals surface area contributed by atoms with Crippen LogP contribution in [0.2, 0.25) is 0 Å². The number of nitrogens with one attached hydrogen (secondary N) is 1. The molecule has 6 nitrogen and oxygen atoms in total. The summed E-state index contributed by atoms with van der Waals surface area (Å²) in [5.74, 6) is 1.06. The minimum atomic E-state index is -0.390. The van der Waals surface area contributed by atoms with Crippen LogP contribution in [-0.2, 0) is 0 Å². The van der Waals surface area contributed by atoms with Crippen LogP contribution >= 0.6 is 0 Å². The lowest BCUT2D eigenvalue weighted by Gasteiger charge is -2.11. The van der Waals surface area contributed by atoms with Gasteiger partial charge in [0.1, 0.15) is 11.6 Å². The van der Waals surface area contributed by atoms with Gasteiger partial charge in [-0.3, -0.25) is 9.78 Å². The lowest BCUT2D eigenvalue weighted by molar-refractivity contribution is 0.102. The molecule has 1 aliphatic rings. The summed E-state index contributed by atoms with van der Waals surface area (Å²) < 4.78 is 30.1. The van der Waals surface area contributed by atoms with Crippen LogP contribution in [0.5, 0.6) is 17.2 Å². The average Bonchev–Trinajstić information content (AvgIpc) is 2.99. The number of fused-ring (bicyclic) bond motifs is 1. The first-order valence-electron chi connectivity index (χ1n) is 9.15. The van der Waals surface area contributed by atoms with E-state index >= 15 is 0 Å². The van der Waals surface area contributed by atoms with Crippen molar-refractivity contribution in [3.05, 3.63) is 66.1 Å². The number of rotatable bonds is 4. The number of methoxy groups -OCH3 is 1. The standard InChI is InChI=1S/C22H19FN2O4/c1-27-19-7-4-15(23)11-17(19)18-6-3-14(13-24-18)22(26)25-16-5-8-20-21(12-16)29-10-2-9-28-20/h3-8,11-13H,2,9-10H2,1H3,(H,25,26). The third-order valence-corrected chi connectivity index (χ3v) is 4.47. The highest BCUT2D eigenvalue weighted by Crippen LogP contribution is 2.33. The van der Waals surface area contributed by atoms with E-state index in [0.29, 0.717) is 53.0 Å². The first-order valence-corrected chi connectivity index (χ1v) is 9.15. The maximum atomic E-state index is 13.6. The molecule has 7 heteroatoms. The molecular formula is C22H19FN2O4. The third-order valence-electron chi connectivity index (χ3n) is 4.47. The number of ether oxygens (including phenoxy) is 3. The molecule has 29 heavy (non-hydrogen) atoms. The Labute approximate surface area is 167 Å². The van der Waals surface area contributed by atoms with Crippen molar-refractivity contribution in [1.29, 1.82) is 0 Å². The maximum Gasteiger partial charge on any atom is 0.257 e. The van der Waals surface area contributed by atoms with E-state index in [4.69, 9.17) is 14.2 Å². The van der Waals surface area contributed by atoms with Crippen LogP contribution in [0.25, 0.3) is 11.3 Å². The second-order valence-corrected chi connectivity index (χ2v) is 6.44. The molecule has 2 aromatic carbocycles. The number of anilines is 1. The van der Waals surface area contributed by atoms with Gasteiger partial charge in [-0.25, -0.2) is 4.39 Å². The predicted octanol–water partition coefficient (Wildman–Crippen LogP) is 4.31. The number of pyridine rings is 1. The number of carbonyl (C=O) groups excluding carboxylic acids is 1. The normalized spacial score (nSPS) is 12.8. The van der Waals surface area contributed by atoms with Gasteiger partial charge in [-0.1, -0.05) is 0 Å². The molecule has 1 aliphatic heterocycles. The summed E-state index contributed by atoms with van der Waals surface area (Å²) in [5, 5.41) is 2.82. The highest BCUT2D eigenvalue weighted by atomic mass is 19.1. The number of halogens is 1. The van der Waals surface area contributed by atoms with Gasteiger partial charge >= 0.3 is 0 Å². The molecular weight excluding hydrogens is 375 g/mol. The van der Waals surface area contributed by atoms with Crippen molar-refractivity contribution >= 4 is 11.6 Å². The molecule has 0 saturated heterocycles. The van der Waals surface area contributed by atoms with E-state index in [1.165, 1.54) is 31.5 Å². The van der Waals surface area contributed by atoms with Gasteiger partial charge in [0, 0.05) is 29.9 Å². The number of aromatic nitrogens is 1. The zero-order valence-corrected chi connectivity index (χ0v) is 15.8. The summed E-state index contributed by atoms with van der Waals surface area (Å²) in [6.07, 6.45) is 2.25. The first kappa shape index (κ1) is 18.7. The van der Waals surface area contributed by atoms with Crippen LogP contribution in [0.15, 0.2) is 54.7 Å². The number of hydrogen-bond acceptors (Lipinski definition) is 5. The molecule has 148 valence electrons. The Morgan fingerprint density at radius 3 is 2.66 bits per heavy atom. The Morgan fingerprint density at radius 2 is 1.90 bits per heavy atom. The topological polar surface area (TPSA) is 69.7 Å². The van der Waals surface area contributed by atoms with Crippen LogP contribution in [0.3, 0.4) is 0 Å². The second-order valence-electron chi connectivity index (χ2n) is 6.44. The van der Waals surface area contributed by atoms with Gasteiger partial charge in [0.2, 0.25) is 0 Å². The van der Waals surface area contributed by atoms with E-state index < -0.39 is 0 Å². The lowest BCUT2D eigenvalue weighted by Crippen LogP contribution is -2.12. The molecule has 0 fully saturated rings. The van der Waals surface area contributed by atoms with E-state index in [1.807, 2.05) is 0 Å². The molecule has 3 aromatic rings. The molecule has 2 heterocycles. The summed E-state index contributed by atoms with van der Waals surface area (Å²) in [5.41, 5.74) is 1.99. The monoisotopic (exact) mass is 394 g/mol. The van der Waals surface area contributed by atoms with Gasteiger partial charge in [-0.2, -0.15) is 0 Å². The zero-order chi connectivity index (χ0) is 20.2. The van der Waals surface area contributed by atoms with Crippen molar-refractivity contribution in [2.24, 2.45) is 0 Å². The minimum Gasteiger partial charge on any atom is -0.496 e. The van der Waals surface area contributed by atoms with Gasteiger partial charge in [-0.15, -0.1) is 0 Å². The summed E-state index contributed by atoms with van der Waals surface area (Å²) in [6.45, 7) is 1.17. The van der Waals surface area contributed by atoms with Gasteiger partial charge in [0.25, 0.3) is 5.91 Å². The van der Waals surface area contributed by atoms with Crippen molar-refractivity contribution < 1.29 is 23.4 Å². The number of benzene rings is 2. The minimum absolute atomic E-state index is 0.315. The fourth-order valence-corrected chi connectivity index (χ4v) is 3.01. The number of amides is 1. The SMILES string of the molecule is COc1ccc(F)cc1-c1ccc(C(=O)Nc2ccc3c(c2)OCCCO3)cn1. The highest BCUT2D eigenvalue weighted by Gasteiger charge is 2.14. The van der Waals surface area contributed by atoms with Crippen LogP contribution < -0.4 is 19.5 Å². The van der Waals surface area contributed by atoms with Crippen molar-refractivity contribution in [1.82, 2.24) is 4.98 Å². The fraction of sp³-hybridized carbons (Fsp3) is 0.182. The lowest BCUT2D eigenvalue weighted by atomic mass is 10.1. The highest BCUT2D eigenvalue weighted by molar-refractivity contribution is 6.04. The van der Waals surface area contributed by atoms with Gasteiger partial charge in [0.15, 0.2) is 11.5 Å². The summed E-state index contributed by atoms with van der Waals surface area (Å²) >= 11 is 0. The van der Waals surface area contributed by atoms with Crippen molar-refractivity contribution in [3.63, 3.8) is 0 Å². The summed E-state index contributed by atoms with van der Waals surface area (Å²) in [6, 6.07) is 12.7. The molecule has 0 saturated carbocycles. The molecule has 1 aromatic heterocycles. The smallest absolute Gasteiger partial charge is 0.257 e. The molecule has 1 N–H and O–H groups in total. The Hall–Kier alpha value is -3.61. The Bertz CT molecular complexity index is 1040. The number of carbonyl (C=O) groups is 1. The molecule has 1 amide bonds. The van der Waals surface area contributed by atoms with Gasteiger partial charge < -0.3 is 19.5 Å². The molecule has 4 rings (SSSR count). The van der Waals surface area contributed by atoms with Gasteiger partial charge in [0.05, 0.1) is 31.6 Å². The first-order chi connectivity index (χ1) is 14.1. The number of nitrogens with zero attached hydrogens (tertiary/aromatic N) is 1. The summed E-state index contributed by atoms with van der Waals surface area (Å²) in [7, 11) is 1.51. The van der Waals surface area contributed by atoms with E-state index in [-0.39, 0.29) is 11.7 Å². The molecule has 0 aliphatic carbocycles. The van der Waals surface area contributed by atoms with Crippen LogP contribution in [0, 0.1) is 5.82 Å². The predicted molar refractivity (Wildman–Crippen MR) is 106 cm³/mol. The molecule has 0 radical (unpaired) electrons. The fourth-order valence-electron chi connectivity index (χ4n) is 3.01. The molecule has 0 spiro atoms. The number of hydrogen-bond donors (Lipinski definition) is 1. The van der Waals surface area contributed by atoms with Crippen molar-refractivity contribution in [3.8, 4) is 28.5 Å². The quantitative estimate of drug-likeness (QED) is 0.714. The zero-order valence-electron chi connectivity index (χ0n) is 15.8. The third kappa shape index (κ3) is 4.13. The molecule has 0 unspecified atom stereocenters. The van der Waals surface area contributed by atoms with E-state index in [0.717, 1.165) is 6.42 Å². The second kappa shape index (κ2) is 8.18. The van der Waals surface area contributed by atoms with Crippen molar-refractivity contribution in [2.75, 3.05) is 25.6 Å². The van der Waals surface area contributed by atoms with Gasteiger partial charge in [-0.05, 0) is 42.5 Å². The van der Waals surface area contributed by atoms with Crippen LogP contribution in [0.4, 0.5) is 10.1 Å². The molecule has 0 atom stereocenters. The van der Waals surface area contributed by atoms with Crippen molar-refractivity contribution in [2.45, 2.75) is 6.42 Å². The Balaban J connectivity index is 1.52. The Morgan fingerprint density at radius 1 is 1.07 bits per heavy atom. The average molecular weight is 394 g/mol. The summed E-state index contributed by atoms with van der Waals surface area (Å²) in [4.78, 5) is 16.9. The van der Waals surface area contributed by atoms with E-state index in [1.54, 1.807) is 30.3 Å². The van der Waals surface area contributed by atoms with E-state index in [9.17, 15) is 9.18 Å². The largest absolute Gasteiger partial charge is 0.496 e. The van der Waals surface area contributed by atoms with E-state index in [2.05, 4.69) is 10.3 Å². The van der Waals surface area contributed by atoms with Crippen LogP contribution in [0.1, 0.15) is 16.8 Å². The Kier molecular flexibility index (Phi) is 5.29. The van der Waals surface area contributed by atoms with Crippen LogP contribution in [-0.4, -0.2) is 31.2 Å². The maximum absolute atomic E-state index is 13.6. The molecule has 0 bridgehead atoms.